The van der Waals surface area contributed by atoms with Gasteiger partial charge in [0.15, 0.2) is 0 Å². The van der Waals surface area contributed by atoms with Crippen molar-refractivity contribution in [3.8, 4) is 5.75 Å². The topological polar surface area (TPSA) is 69.8 Å². The highest BCUT2D eigenvalue weighted by Gasteiger charge is 2.29. The number of aromatic hydroxyl groups is 1. The molecule has 1 aromatic rings. The molecule has 1 saturated carbocycles. The number of piperazine rings is 1. The number of amides is 1. The zero-order valence-corrected chi connectivity index (χ0v) is 12.9. The Morgan fingerprint density at radius 3 is 2.55 bits per heavy atom. The number of nitrogens with two attached hydrogens (primary N) is 1. The van der Waals surface area contributed by atoms with Gasteiger partial charge in [0, 0.05) is 38.6 Å². The molecular formula is C17H25N3O2. The van der Waals surface area contributed by atoms with Gasteiger partial charge in [0.25, 0.3) is 0 Å². The summed E-state index contributed by atoms with van der Waals surface area (Å²) < 4.78 is 0. The minimum atomic E-state index is 0.200. The zero-order chi connectivity index (χ0) is 15.5. The first-order chi connectivity index (χ1) is 10.6. The van der Waals surface area contributed by atoms with Crippen LogP contribution in [0.25, 0.3) is 0 Å². The van der Waals surface area contributed by atoms with Crippen LogP contribution in [0.5, 0.6) is 5.75 Å². The third-order valence-electron chi connectivity index (χ3n) is 5.01. The number of carbonyl (C=O) groups is 1. The zero-order valence-electron chi connectivity index (χ0n) is 12.9. The van der Waals surface area contributed by atoms with Gasteiger partial charge in [-0.1, -0.05) is 18.6 Å². The molecule has 0 aromatic heterocycles. The SMILES string of the molecule is N[C@@H]1CCC[C@H]1CC(=O)N1CCN(c2ccccc2O)CC1. The molecule has 0 unspecified atom stereocenters. The summed E-state index contributed by atoms with van der Waals surface area (Å²) in [6, 6.07) is 7.57. The number of hydrogen-bond donors (Lipinski definition) is 2. The lowest BCUT2D eigenvalue weighted by Crippen LogP contribution is -2.49. The van der Waals surface area contributed by atoms with Crippen LogP contribution in [0, 0.1) is 5.92 Å². The average molecular weight is 303 g/mol. The van der Waals surface area contributed by atoms with Gasteiger partial charge in [0.2, 0.25) is 5.91 Å². The standard InChI is InChI=1S/C17H25N3O2/c18-14-5-3-4-13(14)12-17(22)20-10-8-19(9-11-20)15-6-1-2-7-16(15)21/h1-2,6-7,13-14,21H,3-5,8-12,18H2/t13-,14+/m0/s1. The minimum absolute atomic E-state index is 0.200. The molecule has 2 aliphatic rings. The molecule has 2 atom stereocenters. The van der Waals surface area contributed by atoms with E-state index in [1.807, 2.05) is 23.1 Å². The molecule has 5 heteroatoms. The second-order valence-corrected chi connectivity index (χ2v) is 6.42. The van der Waals surface area contributed by atoms with Gasteiger partial charge in [0.1, 0.15) is 5.75 Å². The fraction of sp³-hybridized carbons (Fsp3) is 0.588. The van der Waals surface area contributed by atoms with Crippen LogP contribution in [-0.4, -0.2) is 48.1 Å². The maximum absolute atomic E-state index is 12.4. The first kappa shape index (κ1) is 15.2. The quantitative estimate of drug-likeness (QED) is 0.889. The molecule has 5 nitrogen and oxygen atoms in total. The van der Waals surface area contributed by atoms with E-state index in [1.54, 1.807) is 6.07 Å². The predicted molar refractivity (Wildman–Crippen MR) is 86.8 cm³/mol. The van der Waals surface area contributed by atoms with Crippen molar-refractivity contribution >= 4 is 11.6 Å². The van der Waals surface area contributed by atoms with Gasteiger partial charge in [-0.25, -0.2) is 0 Å². The van der Waals surface area contributed by atoms with Crippen LogP contribution in [0.2, 0.25) is 0 Å². The third kappa shape index (κ3) is 3.19. The van der Waals surface area contributed by atoms with Crippen LogP contribution in [0.1, 0.15) is 25.7 Å². The van der Waals surface area contributed by atoms with Crippen molar-refractivity contribution in [1.82, 2.24) is 4.90 Å². The fourth-order valence-electron chi connectivity index (χ4n) is 3.60. The van der Waals surface area contributed by atoms with Gasteiger partial charge in [0.05, 0.1) is 5.69 Å². The summed E-state index contributed by atoms with van der Waals surface area (Å²) in [4.78, 5) is 16.5. The van der Waals surface area contributed by atoms with Gasteiger partial charge in [-0.3, -0.25) is 4.79 Å². The van der Waals surface area contributed by atoms with E-state index in [2.05, 4.69) is 4.90 Å². The molecule has 1 aliphatic carbocycles. The highest BCUT2D eigenvalue weighted by molar-refractivity contribution is 5.77. The minimum Gasteiger partial charge on any atom is -0.506 e. The van der Waals surface area contributed by atoms with Gasteiger partial charge in [-0.05, 0) is 30.9 Å². The number of benzene rings is 1. The Balaban J connectivity index is 1.53. The molecule has 1 aromatic carbocycles. The van der Waals surface area contributed by atoms with E-state index in [1.165, 1.54) is 0 Å². The van der Waals surface area contributed by atoms with E-state index in [9.17, 15) is 9.90 Å². The molecule has 120 valence electrons. The molecule has 1 amide bonds. The molecule has 0 spiro atoms. The van der Waals surface area contributed by atoms with Crippen molar-refractivity contribution in [3.05, 3.63) is 24.3 Å². The molecule has 0 bridgehead atoms. The fourth-order valence-corrected chi connectivity index (χ4v) is 3.60. The molecule has 0 radical (unpaired) electrons. The van der Waals surface area contributed by atoms with E-state index in [0.29, 0.717) is 18.1 Å². The van der Waals surface area contributed by atoms with Gasteiger partial charge < -0.3 is 20.6 Å². The molecule has 1 aliphatic heterocycles. The van der Waals surface area contributed by atoms with Crippen molar-refractivity contribution in [2.45, 2.75) is 31.7 Å². The summed E-state index contributed by atoms with van der Waals surface area (Å²) >= 11 is 0. The normalized spacial score (nSPS) is 25.5. The van der Waals surface area contributed by atoms with E-state index >= 15 is 0 Å². The Bertz CT molecular complexity index is 526. The van der Waals surface area contributed by atoms with Gasteiger partial charge in [-0.15, -0.1) is 0 Å². The first-order valence-electron chi connectivity index (χ1n) is 8.21. The smallest absolute Gasteiger partial charge is 0.223 e. The number of hydrogen-bond acceptors (Lipinski definition) is 4. The molecule has 3 N–H and O–H groups in total. The number of anilines is 1. The average Bonchev–Trinajstić information content (AvgIpc) is 2.93. The lowest BCUT2D eigenvalue weighted by atomic mass is 9.99. The monoisotopic (exact) mass is 303 g/mol. The van der Waals surface area contributed by atoms with Crippen LogP contribution >= 0.6 is 0 Å². The largest absolute Gasteiger partial charge is 0.506 e. The lowest BCUT2D eigenvalue weighted by molar-refractivity contribution is -0.132. The van der Waals surface area contributed by atoms with E-state index in [4.69, 9.17) is 5.73 Å². The van der Waals surface area contributed by atoms with Gasteiger partial charge >= 0.3 is 0 Å². The van der Waals surface area contributed by atoms with Crippen LogP contribution < -0.4 is 10.6 Å². The Kier molecular flexibility index (Phi) is 4.52. The number of nitrogens with zero attached hydrogens (tertiary/aromatic N) is 2. The van der Waals surface area contributed by atoms with Crippen molar-refractivity contribution in [2.24, 2.45) is 11.7 Å². The number of phenolic OH excluding ortho intramolecular Hbond substituents is 1. The highest BCUT2D eigenvalue weighted by Crippen LogP contribution is 2.29. The molecule has 22 heavy (non-hydrogen) atoms. The molecular weight excluding hydrogens is 278 g/mol. The summed E-state index contributed by atoms with van der Waals surface area (Å²) in [6.07, 6.45) is 3.89. The van der Waals surface area contributed by atoms with E-state index < -0.39 is 0 Å². The summed E-state index contributed by atoms with van der Waals surface area (Å²) in [5.41, 5.74) is 6.92. The lowest BCUT2D eigenvalue weighted by Gasteiger charge is -2.36. The van der Waals surface area contributed by atoms with Crippen molar-refractivity contribution in [1.29, 1.82) is 0 Å². The van der Waals surface area contributed by atoms with Crippen LogP contribution in [0.15, 0.2) is 24.3 Å². The number of phenols is 1. The number of carbonyl (C=O) groups excluding carboxylic acids is 1. The second kappa shape index (κ2) is 6.57. The van der Waals surface area contributed by atoms with Crippen LogP contribution in [-0.2, 0) is 4.79 Å². The molecule has 1 saturated heterocycles. The predicted octanol–water partition coefficient (Wildman–Crippen LogP) is 1.56. The van der Waals surface area contributed by atoms with Crippen molar-refractivity contribution < 1.29 is 9.90 Å². The maximum Gasteiger partial charge on any atom is 0.223 e. The summed E-state index contributed by atoms with van der Waals surface area (Å²) in [6.45, 7) is 2.96. The summed E-state index contributed by atoms with van der Waals surface area (Å²) in [5, 5.41) is 9.92. The Morgan fingerprint density at radius 1 is 1.18 bits per heavy atom. The third-order valence-corrected chi connectivity index (χ3v) is 5.01. The molecule has 3 rings (SSSR count). The summed E-state index contributed by atoms with van der Waals surface area (Å²) in [7, 11) is 0. The van der Waals surface area contributed by atoms with E-state index in [-0.39, 0.29) is 11.9 Å². The first-order valence-corrected chi connectivity index (χ1v) is 8.21. The highest BCUT2D eigenvalue weighted by atomic mass is 16.3. The number of para-hydroxylation sites is 2. The van der Waals surface area contributed by atoms with Crippen molar-refractivity contribution in [3.63, 3.8) is 0 Å². The van der Waals surface area contributed by atoms with Crippen LogP contribution in [0.3, 0.4) is 0 Å². The van der Waals surface area contributed by atoms with Crippen LogP contribution in [0.4, 0.5) is 5.69 Å². The van der Waals surface area contributed by atoms with Crippen molar-refractivity contribution in [2.75, 3.05) is 31.1 Å². The maximum atomic E-state index is 12.4. The Hall–Kier alpha value is -1.75. The molecule has 2 fully saturated rings. The Labute approximate surface area is 131 Å². The second-order valence-electron chi connectivity index (χ2n) is 6.42. The molecule has 1 heterocycles. The van der Waals surface area contributed by atoms with Gasteiger partial charge in [-0.2, -0.15) is 0 Å². The van der Waals surface area contributed by atoms with E-state index in [0.717, 1.165) is 51.1 Å². The Morgan fingerprint density at radius 2 is 1.91 bits per heavy atom. The number of rotatable bonds is 3. The summed E-state index contributed by atoms with van der Waals surface area (Å²) in [5.74, 6) is 0.905.